The number of nitrogens with zero attached hydrogens (tertiary/aromatic N) is 3. The van der Waals surface area contributed by atoms with Gasteiger partial charge in [-0.15, -0.1) is 0 Å². The number of aliphatic hydroxyl groups excluding tert-OH is 1. The van der Waals surface area contributed by atoms with Crippen LogP contribution in [0.4, 0.5) is 0 Å². The van der Waals surface area contributed by atoms with Crippen molar-refractivity contribution in [3.63, 3.8) is 0 Å². The minimum Gasteiger partial charge on any atom is -0.510 e. The van der Waals surface area contributed by atoms with Crippen LogP contribution in [-0.4, -0.2) is 48.4 Å². The van der Waals surface area contributed by atoms with E-state index in [4.69, 9.17) is 24.5 Å². The van der Waals surface area contributed by atoms with E-state index in [0.717, 1.165) is 68.5 Å². The summed E-state index contributed by atoms with van der Waals surface area (Å²) in [6, 6.07) is 0. The standard InChI is InChI=1S/C37H40N4O5/c1-10-21-17(3)24-14-26-19(5)23(12-13-30(42)45-8)33(40-26)32-34-31(35(43)37(32,7)36(44)46-9)20(6)27(41-34)16-29-22(11-2)18(4)25(39-29)15-28(21)38-24/h10,14-16,19,23,40,43H,1,11-13H2,2-9H3. The highest BCUT2D eigenvalue weighted by Crippen LogP contribution is 2.54. The molecule has 5 aliphatic heterocycles. The van der Waals surface area contributed by atoms with Crippen LogP contribution in [0.2, 0.25) is 0 Å². The van der Waals surface area contributed by atoms with Crippen LogP contribution in [0.15, 0.2) is 119 Å². The van der Waals surface area contributed by atoms with Crippen molar-refractivity contribution in [2.75, 3.05) is 14.2 Å². The first-order valence-electron chi connectivity index (χ1n) is 15.7. The van der Waals surface area contributed by atoms with Crippen molar-refractivity contribution in [2.24, 2.45) is 32.2 Å². The van der Waals surface area contributed by atoms with Crippen molar-refractivity contribution in [2.45, 2.75) is 60.8 Å². The topological polar surface area (TPSA) is 122 Å². The van der Waals surface area contributed by atoms with Crippen LogP contribution < -0.4 is 5.32 Å². The molecule has 3 atom stereocenters. The molecule has 0 radical (unpaired) electrons. The van der Waals surface area contributed by atoms with E-state index in [1.54, 1.807) is 6.92 Å². The molecule has 8 bridgehead atoms. The number of hydrogen-bond acceptors (Lipinski definition) is 9. The summed E-state index contributed by atoms with van der Waals surface area (Å²) in [5.41, 5.74) is 10.4. The molecule has 1 fully saturated rings. The van der Waals surface area contributed by atoms with Crippen LogP contribution in [0, 0.1) is 17.3 Å². The lowest BCUT2D eigenvalue weighted by atomic mass is 9.78. The van der Waals surface area contributed by atoms with E-state index >= 15 is 0 Å². The normalized spacial score (nSPS) is 26.6. The smallest absolute Gasteiger partial charge is 0.323 e. The second-order valence-corrected chi connectivity index (χ2v) is 12.6. The number of aliphatic hydroxyl groups is 1. The summed E-state index contributed by atoms with van der Waals surface area (Å²) in [5, 5.41) is 15.5. The number of fused-ring (bicyclic) bond motifs is 5. The van der Waals surface area contributed by atoms with Crippen molar-refractivity contribution in [1.29, 1.82) is 0 Å². The van der Waals surface area contributed by atoms with Gasteiger partial charge in [-0.2, -0.15) is 0 Å². The Kier molecular flexibility index (Phi) is 7.61. The zero-order valence-electron chi connectivity index (χ0n) is 27.7. The fraction of sp³-hybridized carbons (Fsp3) is 0.378. The lowest BCUT2D eigenvalue weighted by Gasteiger charge is -2.27. The predicted molar refractivity (Wildman–Crippen MR) is 179 cm³/mol. The fourth-order valence-corrected chi connectivity index (χ4v) is 7.45. The Balaban J connectivity index is 1.69. The number of ether oxygens (including phenoxy) is 2. The molecule has 0 amide bonds. The minimum atomic E-state index is -1.52. The van der Waals surface area contributed by atoms with Gasteiger partial charge in [0.05, 0.1) is 48.4 Å². The second kappa shape index (κ2) is 11.2. The Morgan fingerprint density at radius 3 is 2.37 bits per heavy atom. The first-order valence-corrected chi connectivity index (χ1v) is 15.7. The molecule has 3 unspecified atom stereocenters. The molecule has 46 heavy (non-hydrogen) atoms. The maximum atomic E-state index is 13.6. The first-order chi connectivity index (χ1) is 21.9. The molecule has 5 heterocycles. The van der Waals surface area contributed by atoms with Gasteiger partial charge in [-0.25, -0.2) is 15.0 Å². The highest BCUT2D eigenvalue weighted by atomic mass is 16.5. The van der Waals surface area contributed by atoms with Crippen LogP contribution in [0.1, 0.15) is 60.8 Å². The van der Waals surface area contributed by atoms with Crippen LogP contribution in [0.3, 0.4) is 0 Å². The maximum Gasteiger partial charge on any atom is 0.323 e. The summed E-state index contributed by atoms with van der Waals surface area (Å²) in [6.45, 7) is 16.0. The van der Waals surface area contributed by atoms with Crippen LogP contribution in [0.25, 0.3) is 0 Å². The van der Waals surface area contributed by atoms with Gasteiger partial charge in [0.25, 0.3) is 0 Å². The van der Waals surface area contributed by atoms with Gasteiger partial charge in [0.15, 0.2) is 5.41 Å². The quantitative estimate of drug-likeness (QED) is 0.323. The third-order valence-electron chi connectivity index (χ3n) is 10.3. The van der Waals surface area contributed by atoms with Crippen LogP contribution in [0.5, 0.6) is 0 Å². The molecule has 6 aliphatic rings. The van der Waals surface area contributed by atoms with Crippen molar-refractivity contribution < 1.29 is 24.2 Å². The molecule has 0 saturated carbocycles. The van der Waals surface area contributed by atoms with Crippen LogP contribution in [-0.2, 0) is 19.1 Å². The highest BCUT2D eigenvalue weighted by molar-refractivity contribution is 6.25. The molecule has 6 rings (SSSR count). The van der Waals surface area contributed by atoms with Crippen molar-refractivity contribution >= 4 is 29.1 Å². The molecule has 0 aromatic carbocycles. The lowest BCUT2D eigenvalue weighted by Crippen LogP contribution is -2.35. The van der Waals surface area contributed by atoms with E-state index in [2.05, 4.69) is 32.7 Å². The Labute approximate surface area is 269 Å². The molecule has 0 aromatic rings. The van der Waals surface area contributed by atoms with Gasteiger partial charge in [-0.3, -0.25) is 9.59 Å². The summed E-state index contributed by atoms with van der Waals surface area (Å²) in [6.07, 6.45) is 9.24. The monoisotopic (exact) mass is 620 g/mol. The Morgan fingerprint density at radius 2 is 1.72 bits per heavy atom. The van der Waals surface area contributed by atoms with Crippen molar-refractivity contribution in [3.8, 4) is 0 Å². The van der Waals surface area contributed by atoms with E-state index in [-0.39, 0.29) is 30.0 Å². The molecular formula is C37H40N4O5. The van der Waals surface area contributed by atoms with E-state index in [1.807, 2.05) is 38.2 Å². The highest BCUT2D eigenvalue weighted by Gasteiger charge is 2.57. The molecule has 0 aromatic heterocycles. The van der Waals surface area contributed by atoms with Crippen molar-refractivity contribution in [3.05, 3.63) is 104 Å². The number of hydrogen-bond donors (Lipinski definition) is 2. The van der Waals surface area contributed by atoms with E-state index in [9.17, 15) is 14.7 Å². The fourth-order valence-electron chi connectivity index (χ4n) is 7.45. The number of aliphatic imine (C=N–C) groups is 3. The predicted octanol–water partition coefficient (Wildman–Crippen LogP) is 6.59. The Hall–Kier alpha value is -4.79. The van der Waals surface area contributed by atoms with Gasteiger partial charge in [0, 0.05) is 46.4 Å². The Morgan fingerprint density at radius 1 is 1.02 bits per heavy atom. The largest absolute Gasteiger partial charge is 0.510 e. The number of carbonyl (C=O) groups excluding carboxylic acids is 2. The minimum absolute atomic E-state index is 0.0954. The first kappa shape index (κ1) is 31.2. The maximum absolute atomic E-state index is 13.6. The zero-order valence-corrected chi connectivity index (χ0v) is 27.7. The molecular weight excluding hydrogens is 580 g/mol. The molecule has 1 aliphatic carbocycles. The molecule has 9 nitrogen and oxygen atoms in total. The molecule has 0 spiro atoms. The molecule has 9 heteroatoms. The van der Waals surface area contributed by atoms with E-state index < -0.39 is 11.4 Å². The summed E-state index contributed by atoms with van der Waals surface area (Å²) < 4.78 is 10.3. The number of esters is 2. The number of methoxy groups -OCH3 is 2. The van der Waals surface area contributed by atoms with Gasteiger partial charge in [0.2, 0.25) is 0 Å². The summed E-state index contributed by atoms with van der Waals surface area (Å²) in [7, 11) is 2.69. The molecule has 238 valence electrons. The van der Waals surface area contributed by atoms with Gasteiger partial charge < -0.3 is 19.9 Å². The number of nitrogens with one attached hydrogen (secondary N) is 1. The Bertz CT molecular complexity index is 1880. The van der Waals surface area contributed by atoms with Gasteiger partial charge in [-0.05, 0) is 81.1 Å². The van der Waals surface area contributed by atoms with Crippen LogP contribution >= 0.6 is 0 Å². The van der Waals surface area contributed by atoms with Crippen molar-refractivity contribution in [1.82, 2.24) is 5.32 Å². The number of allylic oxidation sites excluding steroid dienone is 11. The molecule has 1 saturated heterocycles. The van der Waals surface area contributed by atoms with Gasteiger partial charge in [0.1, 0.15) is 5.76 Å². The zero-order chi connectivity index (χ0) is 33.2. The third-order valence-corrected chi connectivity index (χ3v) is 10.3. The van der Waals surface area contributed by atoms with E-state index in [1.165, 1.54) is 14.2 Å². The molecule has 2 N–H and O–H groups in total. The average Bonchev–Trinajstić information content (AvgIpc) is 3.76. The van der Waals surface area contributed by atoms with E-state index in [0.29, 0.717) is 29.0 Å². The SMILES string of the molecule is C=CC1=C(C)C2=NC1=CC1=NC(=CC3=C(C)C4=C(O)C(C)(C(=O)OC)C(=C5NC(=C2)C(C)C5CCC(=O)OC)C4=N3)C(CC)=C1C. The third kappa shape index (κ3) is 4.39. The average molecular weight is 621 g/mol. The van der Waals surface area contributed by atoms with Gasteiger partial charge in [-0.1, -0.05) is 26.5 Å². The second-order valence-electron chi connectivity index (χ2n) is 12.6. The summed E-state index contributed by atoms with van der Waals surface area (Å²) in [5.74, 6) is -1.35. The van der Waals surface area contributed by atoms with Gasteiger partial charge >= 0.3 is 11.9 Å². The summed E-state index contributed by atoms with van der Waals surface area (Å²) in [4.78, 5) is 41.2. The summed E-state index contributed by atoms with van der Waals surface area (Å²) >= 11 is 0. The number of carbonyl (C=O) groups is 2. The number of rotatable bonds is 6. The lowest BCUT2D eigenvalue weighted by molar-refractivity contribution is -0.148.